The van der Waals surface area contributed by atoms with Crippen molar-refractivity contribution in [1.29, 1.82) is 0 Å². The van der Waals surface area contributed by atoms with Gasteiger partial charge in [0.2, 0.25) is 5.88 Å². The summed E-state index contributed by atoms with van der Waals surface area (Å²) in [6.45, 7) is -3.03. The number of hydrogen-bond acceptors (Lipinski definition) is 5. The molecule has 0 spiro atoms. The predicted octanol–water partition coefficient (Wildman–Crippen LogP) is 1.52. The van der Waals surface area contributed by atoms with Gasteiger partial charge < -0.3 is 9.47 Å². The number of methoxy groups -OCH3 is 1. The molecular weight excluding hydrogens is 234 g/mol. The van der Waals surface area contributed by atoms with Gasteiger partial charge in [0.05, 0.1) is 12.1 Å². The van der Waals surface area contributed by atoms with Crippen LogP contribution in [0, 0.1) is 0 Å². The van der Waals surface area contributed by atoms with E-state index in [9.17, 15) is 13.6 Å². The fourth-order valence-corrected chi connectivity index (χ4v) is 0.945. The lowest BCUT2D eigenvalue weighted by atomic mass is 10.4. The van der Waals surface area contributed by atoms with Crippen LogP contribution in [0.4, 0.5) is 8.78 Å². The highest BCUT2D eigenvalue weighted by atomic mass is 35.5. The van der Waals surface area contributed by atoms with E-state index in [1.807, 2.05) is 0 Å². The van der Waals surface area contributed by atoms with Crippen molar-refractivity contribution < 1.29 is 23.0 Å². The molecule has 1 heterocycles. The van der Waals surface area contributed by atoms with Crippen LogP contribution in [-0.4, -0.2) is 29.9 Å². The van der Waals surface area contributed by atoms with Crippen LogP contribution in [0.15, 0.2) is 6.07 Å². The van der Waals surface area contributed by atoms with E-state index in [0.29, 0.717) is 0 Å². The second-order valence-corrected chi connectivity index (χ2v) is 2.66. The van der Waals surface area contributed by atoms with Gasteiger partial charge in [-0.15, -0.1) is 10.2 Å². The summed E-state index contributed by atoms with van der Waals surface area (Å²) < 4.78 is 31.7. The standard InChI is InChI=1S/C7H5ClF2N2O3/c1-14-6(13)5-3(8)2-4(11-12-5)15-7(9)10/h2,7H,1H3. The number of carbonyl (C=O) groups excluding carboxylic acids is 1. The minimum absolute atomic E-state index is 0.174. The first kappa shape index (κ1) is 11.6. The van der Waals surface area contributed by atoms with Crippen LogP contribution in [0.1, 0.15) is 10.5 Å². The van der Waals surface area contributed by atoms with Gasteiger partial charge in [-0.1, -0.05) is 11.6 Å². The zero-order valence-corrected chi connectivity index (χ0v) is 8.16. The van der Waals surface area contributed by atoms with Crippen LogP contribution in [0.3, 0.4) is 0 Å². The fraction of sp³-hybridized carbons (Fsp3) is 0.286. The Hall–Kier alpha value is -1.50. The Morgan fingerprint density at radius 1 is 1.53 bits per heavy atom. The molecule has 0 saturated heterocycles. The third-order valence-corrected chi connectivity index (χ3v) is 1.60. The molecule has 0 aromatic carbocycles. The number of nitrogens with zero attached hydrogens (tertiary/aromatic N) is 2. The van der Waals surface area contributed by atoms with Crippen LogP contribution >= 0.6 is 11.6 Å². The van der Waals surface area contributed by atoms with E-state index in [2.05, 4.69) is 19.7 Å². The van der Waals surface area contributed by atoms with E-state index >= 15 is 0 Å². The number of aromatic nitrogens is 2. The van der Waals surface area contributed by atoms with E-state index in [4.69, 9.17) is 11.6 Å². The zero-order valence-electron chi connectivity index (χ0n) is 7.41. The summed E-state index contributed by atoms with van der Waals surface area (Å²) in [5, 5.41) is 6.32. The van der Waals surface area contributed by atoms with Crippen molar-refractivity contribution in [3.63, 3.8) is 0 Å². The lowest BCUT2D eigenvalue weighted by Crippen LogP contribution is -2.09. The Kier molecular flexibility index (Phi) is 3.73. The average molecular weight is 239 g/mol. The molecule has 0 unspecified atom stereocenters. The van der Waals surface area contributed by atoms with Crippen LogP contribution < -0.4 is 4.74 Å². The van der Waals surface area contributed by atoms with Crippen molar-refractivity contribution in [3.05, 3.63) is 16.8 Å². The van der Waals surface area contributed by atoms with Crippen molar-refractivity contribution in [2.75, 3.05) is 7.11 Å². The Balaban J connectivity index is 2.93. The molecule has 0 amide bonds. The second-order valence-electron chi connectivity index (χ2n) is 2.25. The monoisotopic (exact) mass is 238 g/mol. The molecule has 0 atom stereocenters. The topological polar surface area (TPSA) is 61.3 Å². The highest BCUT2D eigenvalue weighted by molar-refractivity contribution is 6.33. The molecule has 1 rings (SSSR count). The molecule has 1 aromatic rings. The molecule has 0 bridgehead atoms. The van der Waals surface area contributed by atoms with E-state index in [1.54, 1.807) is 0 Å². The van der Waals surface area contributed by atoms with Crippen molar-refractivity contribution in [1.82, 2.24) is 10.2 Å². The van der Waals surface area contributed by atoms with Gasteiger partial charge in [0.25, 0.3) is 0 Å². The van der Waals surface area contributed by atoms with Crippen molar-refractivity contribution in [2.45, 2.75) is 6.61 Å². The van der Waals surface area contributed by atoms with E-state index < -0.39 is 18.5 Å². The number of hydrogen-bond donors (Lipinski definition) is 0. The maximum atomic E-state index is 11.8. The summed E-state index contributed by atoms with van der Waals surface area (Å²) >= 11 is 5.56. The van der Waals surface area contributed by atoms with Gasteiger partial charge in [-0.05, 0) is 0 Å². The Labute approximate surface area is 88.0 Å². The van der Waals surface area contributed by atoms with Gasteiger partial charge in [-0.25, -0.2) is 4.79 Å². The first-order valence-corrected chi connectivity index (χ1v) is 3.98. The summed E-state index contributed by atoms with van der Waals surface area (Å²) in [6.07, 6.45) is 0. The second kappa shape index (κ2) is 4.83. The van der Waals surface area contributed by atoms with E-state index in [0.717, 1.165) is 13.2 Å². The Morgan fingerprint density at radius 2 is 2.20 bits per heavy atom. The summed E-state index contributed by atoms with van der Waals surface area (Å²) in [7, 11) is 1.13. The first-order chi connectivity index (χ1) is 7.04. The zero-order chi connectivity index (χ0) is 11.4. The summed E-state index contributed by atoms with van der Waals surface area (Å²) in [4.78, 5) is 11.0. The number of esters is 1. The van der Waals surface area contributed by atoms with Gasteiger partial charge in [-0.3, -0.25) is 0 Å². The van der Waals surface area contributed by atoms with E-state index in [1.165, 1.54) is 0 Å². The van der Waals surface area contributed by atoms with Crippen molar-refractivity contribution >= 4 is 17.6 Å². The molecule has 82 valence electrons. The van der Waals surface area contributed by atoms with Crippen molar-refractivity contribution in [2.24, 2.45) is 0 Å². The molecule has 5 nitrogen and oxygen atoms in total. The SMILES string of the molecule is COC(=O)c1nnc(OC(F)F)cc1Cl. The third kappa shape index (κ3) is 2.98. The van der Waals surface area contributed by atoms with Crippen LogP contribution in [0.2, 0.25) is 5.02 Å². The molecule has 0 aliphatic heterocycles. The smallest absolute Gasteiger partial charge is 0.388 e. The van der Waals surface area contributed by atoms with Gasteiger partial charge in [-0.2, -0.15) is 8.78 Å². The first-order valence-electron chi connectivity index (χ1n) is 3.61. The van der Waals surface area contributed by atoms with Gasteiger partial charge in [0.15, 0.2) is 5.69 Å². The number of halogens is 3. The van der Waals surface area contributed by atoms with Gasteiger partial charge in [0.1, 0.15) is 0 Å². The number of ether oxygens (including phenoxy) is 2. The number of carbonyl (C=O) groups is 1. The normalized spacial score (nSPS) is 10.2. The van der Waals surface area contributed by atoms with Crippen molar-refractivity contribution in [3.8, 4) is 5.88 Å². The minimum atomic E-state index is -3.03. The molecule has 0 radical (unpaired) electrons. The molecule has 0 aliphatic rings. The molecule has 1 aromatic heterocycles. The summed E-state index contributed by atoms with van der Waals surface area (Å²) in [6, 6.07) is 0.951. The number of rotatable bonds is 3. The highest BCUT2D eigenvalue weighted by Gasteiger charge is 2.16. The largest absolute Gasteiger partial charge is 0.464 e. The lowest BCUT2D eigenvalue weighted by molar-refractivity contribution is -0.0534. The molecule has 0 saturated carbocycles. The van der Waals surface area contributed by atoms with Gasteiger partial charge in [0, 0.05) is 6.07 Å². The van der Waals surface area contributed by atoms with E-state index in [-0.39, 0.29) is 10.7 Å². The maximum absolute atomic E-state index is 11.8. The fourth-order valence-electron chi connectivity index (χ4n) is 0.737. The molecular formula is C7H5ClF2N2O3. The Morgan fingerprint density at radius 3 is 2.67 bits per heavy atom. The minimum Gasteiger partial charge on any atom is -0.464 e. The van der Waals surface area contributed by atoms with Gasteiger partial charge >= 0.3 is 12.6 Å². The lowest BCUT2D eigenvalue weighted by Gasteiger charge is -2.04. The Bertz CT molecular complexity index is 375. The predicted molar refractivity (Wildman–Crippen MR) is 45.0 cm³/mol. The number of alkyl halides is 2. The molecule has 0 fully saturated rings. The summed E-state index contributed by atoms with van der Waals surface area (Å²) in [5.41, 5.74) is -0.263. The molecule has 15 heavy (non-hydrogen) atoms. The average Bonchev–Trinajstić information content (AvgIpc) is 2.16. The third-order valence-electron chi connectivity index (χ3n) is 1.31. The highest BCUT2D eigenvalue weighted by Crippen LogP contribution is 2.19. The summed E-state index contributed by atoms with van der Waals surface area (Å²) in [5.74, 6) is -1.28. The molecule has 0 N–H and O–H groups in total. The molecule has 0 aliphatic carbocycles. The van der Waals surface area contributed by atoms with Crippen LogP contribution in [0.25, 0.3) is 0 Å². The quantitative estimate of drug-likeness (QED) is 0.747. The van der Waals surface area contributed by atoms with Crippen LogP contribution in [-0.2, 0) is 4.74 Å². The maximum Gasteiger partial charge on any atom is 0.388 e. The van der Waals surface area contributed by atoms with Crippen LogP contribution in [0.5, 0.6) is 5.88 Å². The molecule has 8 heteroatoms.